The Labute approximate surface area is 118 Å². The van der Waals surface area contributed by atoms with Crippen molar-refractivity contribution in [2.45, 2.75) is 78.2 Å². The number of nitriles is 1. The summed E-state index contributed by atoms with van der Waals surface area (Å²) in [6.45, 7) is 8.97. The maximum atomic E-state index is 11.3. The van der Waals surface area contributed by atoms with Gasteiger partial charge in [0.25, 0.3) is 0 Å². The molecule has 0 spiro atoms. The zero-order valence-corrected chi connectivity index (χ0v) is 13.0. The van der Waals surface area contributed by atoms with Crippen LogP contribution < -0.4 is 0 Å². The summed E-state index contributed by atoms with van der Waals surface area (Å²) in [6, 6.07) is 2.56. The highest BCUT2D eigenvalue weighted by atomic mass is 16.3. The van der Waals surface area contributed by atoms with Crippen molar-refractivity contribution in [3.63, 3.8) is 0 Å². The van der Waals surface area contributed by atoms with Crippen molar-refractivity contribution in [2.75, 3.05) is 0 Å². The molecule has 108 valence electrons. The van der Waals surface area contributed by atoms with E-state index in [0.717, 1.165) is 44.9 Å². The van der Waals surface area contributed by atoms with Crippen molar-refractivity contribution in [2.24, 2.45) is 22.7 Å². The summed E-state index contributed by atoms with van der Waals surface area (Å²) < 4.78 is 0. The van der Waals surface area contributed by atoms with Gasteiger partial charge in [0.15, 0.2) is 0 Å². The molecule has 2 aliphatic carbocycles. The van der Waals surface area contributed by atoms with Crippen molar-refractivity contribution < 1.29 is 5.11 Å². The molecule has 2 fully saturated rings. The van der Waals surface area contributed by atoms with Gasteiger partial charge in [0.05, 0.1) is 17.1 Å². The molecular formula is C17H29NO. The van der Waals surface area contributed by atoms with Crippen LogP contribution in [0.4, 0.5) is 0 Å². The standard InChI is InChI=1S/C17H29NO/c1-13-5-7-16(12-18,8-6-13)17(19)10-14(2)9-15(3,4)11-17/h13-14,19H,5-11H2,1-4H3. The molecule has 0 radical (unpaired) electrons. The molecule has 0 bridgehead atoms. The lowest BCUT2D eigenvalue weighted by Crippen LogP contribution is -2.55. The molecule has 2 unspecified atom stereocenters. The monoisotopic (exact) mass is 263 g/mol. The van der Waals surface area contributed by atoms with Gasteiger partial charge < -0.3 is 5.11 Å². The van der Waals surface area contributed by atoms with Crippen LogP contribution in [0.25, 0.3) is 0 Å². The smallest absolute Gasteiger partial charge is 0.0860 e. The van der Waals surface area contributed by atoms with Crippen LogP contribution in [-0.2, 0) is 0 Å². The lowest BCUT2D eigenvalue weighted by Gasteiger charge is -2.53. The normalized spacial score (nSPS) is 46.5. The van der Waals surface area contributed by atoms with E-state index in [2.05, 4.69) is 33.8 Å². The molecule has 1 N–H and O–H groups in total. The maximum Gasteiger partial charge on any atom is 0.0860 e. The van der Waals surface area contributed by atoms with Gasteiger partial charge in [-0.25, -0.2) is 0 Å². The number of hydrogen-bond donors (Lipinski definition) is 1. The summed E-state index contributed by atoms with van der Waals surface area (Å²) in [5.74, 6) is 1.22. The van der Waals surface area contributed by atoms with Gasteiger partial charge in [0.2, 0.25) is 0 Å². The molecule has 0 aliphatic heterocycles. The predicted octanol–water partition coefficient (Wildman–Crippen LogP) is 4.28. The Morgan fingerprint density at radius 1 is 1.05 bits per heavy atom. The third-order valence-corrected chi connectivity index (χ3v) is 5.59. The topological polar surface area (TPSA) is 44.0 Å². The summed E-state index contributed by atoms with van der Waals surface area (Å²) in [5.41, 5.74) is -1.12. The second-order valence-corrected chi connectivity index (χ2v) is 8.26. The molecule has 2 nitrogen and oxygen atoms in total. The van der Waals surface area contributed by atoms with E-state index in [4.69, 9.17) is 0 Å². The molecule has 0 aromatic heterocycles. The summed E-state index contributed by atoms with van der Waals surface area (Å²) in [5, 5.41) is 21.1. The molecule has 2 saturated carbocycles. The average molecular weight is 263 g/mol. The zero-order chi connectivity index (χ0) is 14.3. The van der Waals surface area contributed by atoms with Crippen LogP contribution in [-0.4, -0.2) is 10.7 Å². The lowest BCUT2D eigenvalue weighted by molar-refractivity contribution is -0.139. The van der Waals surface area contributed by atoms with E-state index in [1.807, 2.05) is 0 Å². The fourth-order valence-electron chi connectivity index (χ4n) is 4.83. The third-order valence-electron chi connectivity index (χ3n) is 5.59. The third kappa shape index (κ3) is 2.68. The molecule has 2 atom stereocenters. The van der Waals surface area contributed by atoms with Crippen LogP contribution in [0.1, 0.15) is 72.6 Å². The largest absolute Gasteiger partial charge is 0.388 e. The molecule has 0 heterocycles. The minimum Gasteiger partial charge on any atom is -0.388 e. The first-order valence-corrected chi connectivity index (χ1v) is 7.86. The van der Waals surface area contributed by atoms with Gasteiger partial charge in [-0.1, -0.05) is 27.7 Å². The highest BCUT2D eigenvalue weighted by Crippen LogP contribution is 2.56. The Balaban J connectivity index is 2.28. The first-order valence-electron chi connectivity index (χ1n) is 7.86. The Bertz CT molecular complexity index is 373. The SMILES string of the molecule is CC1CCC(C#N)(C2(O)CC(C)CC(C)(C)C2)CC1. The van der Waals surface area contributed by atoms with Crippen LogP contribution in [0, 0.1) is 34.0 Å². The quantitative estimate of drug-likeness (QED) is 0.767. The molecule has 0 aromatic carbocycles. The predicted molar refractivity (Wildman–Crippen MR) is 77.4 cm³/mol. The fourth-order valence-corrected chi connectivity index (χ4v) is 4.83. The highest BCUT2D eigenvalue weighted by Gasteiger charge is 2.56. The van der Waals surface area contributed by atoms with Crippen LogP contribution >= 0.6 is 0 Å². The molecule has 2 heteroatoms. The highest BCUT2D eigenvalue weighted by molar-refractivity contribution is 5.15. The Morgan fingerprint density at radius 2 is 1.63 bits per heavy atom. The van der Waals surface area contributed by atoms with Crippen molar-refractivity contribution in [3.8, 4) is 6.07 Å². The summed E-state index contributed by atoms with van der Waals surface area (Å²) in [7, 11) is 0. The van der Waals surface area contributed by atoms with E-state index in [-0.39, 0.29) is 5.41 Å². The average Bonchev–Trinajstić information content (AvgIpc) is 2.26. The van der Waals surface area contributed by atoms with E-state index >= 15 is 0 Å². The summed E-state index contributed by atoms with van der Waals surface area (Å²) >= 11 is 0. The van der Waals surface area contributed by atoms with Gasteiger partial charge in [-0.3, -0.25) is 0 Å². The van der Waals surface area contributed by atoms with Gasteiger partial charge in [-0.15, -0.1) is 0 Å². The van der Waals surface area contributed by atoms with Crippen LogP contribution in [0.15, 0.2) is 0 Å². The minimum atomic E-state index is -0.775. The van der Waals surface area contributed by atoms with E-state index in [0.29, 0.717) is 11.8 Å². The van der Waals surface area contributed by atoms with Crippen LogP contribution in [0.5, 0.6) is 0 Å². The van der Waals surface area contributed by atoms with Crippen LogP contribution in [0.3, 0.4) is 0 Å². The van der Waals surface area contributed by atoms with Gasteiger partial charge in [-0.05, 0) is 62.2 Å². The second kappa shape index (κ2) is 4.77. The van der Waals surface area contributed by atoms with Crippen molar-refractivity contribution in [3.05, 3.63) is 0 Å². The first-order chi connectivity index (χ1) is 8.72. The molecular weight excluding hydrogens is 234 g/mol. The fraction of sp³-hybridized carbons (Fsp3) is 0.941. The molecule has 0 aromatic rings. The van der Waals surface area contributed by atoms with Gasteiger partial charge in [0.1, 0.15) is 0 Å². The molecule has 19 heavy (non-hydrogen) atoms. The Kier molecular flexibility index (Phi) is 3.73. The second-order valence-electron chi connectivity index (χ2n) is 8.26. The van der Waals surface area contributed by atoms with E-state index in [1.54, 1.807) is 0 Å². The van der Waals surface area contributed by atoms with Crippen molar-refractivity contribution in [1.29, 1.82) is 5.26 Å². The Morgan fingerprint density at radius 3 is 2.11 bits per heavy atom. The Hall–Kier alpha value is -0.550. The zero-order valence-electron chi connectivity index (χ0n) is 13.0. The van der Waals surface area contributed by atoms with Gasteiger partial charge >= 0.3 is 0 Å². The van der Waals surface area contributed by atoms with Crippen molar-refractivity contribution >= 4 is 0 Å². The molecule has 2 rings (SSSR count). The van der Waals surface area contributed by atoms with Crippen LogP contribution in [0.2, 0.25) is 0 Å². The number of aliphatic hydroxyl groups is 1. The van der Waals surface area contributed by atoms with E-state index < -0.39 is 11.0 Å². The van der Waals surface area contributed by atoms with E-state index in [9.17, 15) is 10.4 Å². The number of nitrogens with zero attached hydrogens (tertiary/aromatic N) is 1. The molecule has 0 amide bonds. The van der Waals surface area contributed by atoms with Gasteiger partial charge in [0, 0.05) is 0 Å². The molecule has 0 saturated heterocycles. The minimum absolute atomic E-state index is 0.152. The summed E-state index contributed by atoms with van der Waals surface area (Å²) in [6.07, 6.45) is 6.68. The maximum absolute atomic E-state index is 11.3. The first kappa shape index (κ1) is 14.9. The number of rotatable bonds is 1. The van der Waals surface area contributed by atoms with Crippen molar-refractivity contribution in [1.82, 2.24) is 0 Å². The van der Waals surface area contributed by atoms with E-state index in [1.165, 1.54) is 0 Å². The lowest BCUT2D eigenvalue weighted by atomic mass is 9.53. The van der Waals surface area contributed by atoms with Gasteiger partial charge in [-0.2, -0.15) is 5.26 Å². The summed E-state index contributed by atoms with van der Waals surface area (Å²) in [4.78, 5) is 0. The molecule has 2 aliphatic rings. The number of hydrogen-bond acceptors (Lipinski definition) is 2.